The molecule has 1 aromatic rings. The molecule has 4 nitrogen and oxygen atoms in total. The molecule has 2 unspecified atom stereocenters. The van der Waals surface area contributed by atoms with E-state index in [0.717, 1.165) is 18.8 Å². The molecule has 78 valence electrons. The van der Waals surface area contributed by atoms with E-state index in [1.54, 1.807) is 6.26 Å². The van der Waals surface area contributed by atoms with Crippen molar-refractivity contribution in [1.82, 2.24) is 4.90 Å². The highest BCUT2D eigenvalue weighted by atomic mass is 16.5. The molecule has 0 aliphatic carbocycles. The smallest absolute Gasteiger partial charge is 0.170 e. The fraction of sp³-hybridized carbons (Fsp3) is 0.600. The minimum Gasteiger partial charge on any atom is -0.465 e. The first-order valence-corrected chi connectivity index (χ1v) is 4.89. The van der Waals surface area contributed by atoms with Crippen molar-refractivity contribution in [2.75, 3.05) is 19.7 Å². The van der Waals surface area contributed by atoms with Crippen LogP contribution in [0.15, 0.2) is 22.8 Å². The van der Waals surface area contributed by atoms with Crippen molar-refractivity contribution in [3.63, 3.8) is 0 Å². The molecule has 0 saturated carbocycles. The Balaban J connectivity index is 2.11. The average molecular weight is 197 g/mol. The van der Waals surface area contributed by atoms with Gasteiger partial charge in [-0.05, 0) is 18.7 Å². The van der Waals surface area contributed by atoms with Crippen molar-refractivity contribution in [3.05, 3.63) is 24.2 Å². The number of hydrogen-bond acceptors (Lipinski definition) is 4. The second-order valence-electron chi connectivity index (χ2n) is 3.40. The second-order valence-corrected chi connectivity index (χ2v) is 3.40. The molecule has 0 aromatic carbocycles. The van der Waals surface area contributed by atoms with Gasteiger partial charge in [0.25, 0.3) is 0 Å². The summed E-state index contributed by atoms with van der Waals surface area (Å²) >= 11 is 0. The Morgan fingerprint density at radius 2 is 2.50 bits per heavy atom. The summed E-state index contributed by atoms with van der Waals surface area (Å²) in [4.78, 5) is 2.14. The molecule has 0 radical (unpaired) electrons. The third-order valence-corrected chi connectivity index (χ3v) is 2.49. The number of ether oxygens (including phenoxy) is 1. The van der Waals surface area contributed by atoms with Crippen LogP contribution in [0.4, 0.5) is 0 Å². The molecule has 1 N–H and O–H groups in total. The minimum atomic E-state index is -0.132. The maximum Gasteiger partial charge on any atom is 0.170 e. The van der Waals surface area contributed by atoms with E-state index < -0.39 is 0 Å². The maximum atomic E-state index is 9.01. The Kier molecular flexibility index (Phi) is 2.86. The molecule has 4 heteroatoms. The van der Waals surface area contributed by atoms with E-state index in [-0.39, 0.29) is 18.9 Å². The molecule has 0 amide bonds. The van der Waals surface area contributed by atoms with E-state index in [1.807, 2.05) is 12.1 Å². The predicted molar refractivity (Wildman–Crippen MR) is 50.7 cm³/mol. The van der Waals surface area contributed by atoms with Gasteiger partial charge in [-0.1, -0.05) is 6.92 Å². The lowest BCUT2D eigenvalue weighted by Crippen LogP contribution is -2.24. The largest absolute Gasteiger partial charge is 0.465 e. The molecule has 0 bridgehead atoms. The molecule has 2 atom stereocenters. The summed E-state index contributed by atoms with van der Waals surface area (Å²) in [6, 6.07) is 3.74. The maximum absolute atomic E-state index is 9.01. The summed E-state index contributed by atoms with van der Waals surface area (Å²) in [5, 5.41) is 9.01. The van der Waals surface area contributed by atoms with Crippen LogP contribution >= 0.6 is 0 Å². The number of rotatable bonds is 3. The van der Waals surface area contributed by atoms with Gasteiger partial charge in [0.15, 0.2) is 6.23 Å². The Labute approximate surface area is 83.1 Å². The minimum absolute atomic E-state index is 0.0632. The van der Waals surface area contributed by atoms with Gasteiger partial charge in [0.05, 0.1) is 19.0 Å². The van der Waals surface area contributed by atoms with Crippen molar-refractivity contribution in [2.45, 2.75) is 19.3 Å². The zero-order valence-corrected chi connectivity index (χ0v) is 8.22. The zero-order chi connectivity index (χ0) is 9.97. The molecule has 1 aliphatic heterocycles. The van der Waals surface area contributed by atoms with Gasteiger partial charge in [0, 0.05) is 6.54 Å². The van der Waals surface area contributed by atoms with Gasteiger partial charge in [-0.2, -0.15) is 0 Å². The van der Waals surface area contributed by atoms with Crippen LogP contribution in [0.25, 0.3) is 0 Å². The Hall–Kier alpha value is -0.840. The first-order chi connectivity index (χ1) is 6.85. The topological polar surface area (TPSA) is 45.8 Å². The summed E-state index contributed by atoms with van der Waals surface area (Å²) in [5.74, 6) is 0.808. The number of likely N-dealkylation sites (N-methyl/N-ethyl adjacent to an activating group) is 1. The van der Waals surface area contributed by atoms with Gasteiger partial charge in [-0.15, -0.1) is 0 Å². The average Bonchev–Trinajstić information content (AvgIpc) is 2.85. The third-order valence-electron chi connectivity index (χ3n) is 2.49. The van der Waals surface area contributed by atoms with Crippen LogP contribution < -0.4 is 0 Å². The monoisotopic (exact) mass is 197 g/mol. The van der Waals surface area contributed by atoms with E-state index in [1.165, 1.54) is 0 Å². The normalized spacial score (nSPS) is 28.4. The quantitative estimate of drug-likeness (QED) is 0.785. The fourth-order valence-corrected chi connectivity index (χ4v) is 1.74. The van der Waals surface area contributed by atoms with E-state index in [2.05, 4.69) is 11.8 Å². The van der Waals surface area contributed by atoms with Crippen molar-refractivity contribution >= 4 is 0 Å². The first kappa shape index (κ1) is 9.71. The number of hydrogen-bond donors (Lipinski definition) is 1. The van der Waals surface area contributed by atoms with E-state index in [0.29, 0.717) is 0 Å². The molecule has 1 aliphatic rings. The highest BCUT2D eigenvalue weighted by Crippen LogP contribution is 2.29. The Bertz CT molecular complexity index is 273. The van der Waals surface area contributed by atoms with E-state index in [4.69, 9.17) is 14.3 Å². The highest BCUT2D eigenvalue weighted by Gasteiger charge is 2.33. The van der Waals surface area contributed by atoms with Crippen molar-refractivity contribution in [3.8, 4) is 0 Å². The molecule has 2 heterocycles. The molecule has 14 heavy (non-hydrogen) atoms. The van der Waals surface area contributed by atoms with Crippen LogP contribution in [0.2, 0.25) is 0 Å². The summed E-state index contributed by atoms with van der Waals surface area (Å²) in [7, 11) is 0. The third kappa shape index (κ3) is 1.68. The molecule has 1 aromatic heterocycles. The molecule has 1 saturated heterocycles. The number of nitrogens with zero attached hydrogens (tertiary/aromatic N) is 1. The molecule has 1 fully saturated rings. The van der Waals surface area contributed by atoms with Gasteiger partial charge < -0.3 is 14.3 Å². The van der Waals surface area contributed by atoms with Gasteiger partial charge in [-0.3, -0.25) is 4.90 Å². The lowest BCUT2D eigenvalue weighted by Gasteiger charge is -2.18. The number of aliphatic hydroxyl groups excluding tert-OH is 1. The standard InChI is InChI=1S/C10H15NO3/c1-2-11-6-8(7-12)14-10(11)9-4-3-5-13-9/h3-5,8,10,12H,2,6-7H2,1H3. The van der Waals surface area contributed by atoms with Gasteiger partial charge >= 0.3 is 0 Å². The van der Waals surface area contributed by atoms with Crippen LogP contribution in [-0.4, -0.2) is 35.8 Å². The van der Waals surface area contributed by atoms with E-state index in [9.17, 15) is 0 Å². The summed E-state index contributed by atoms with van der Waals surface area (Å²) in [6.45, 7) is 3.78. The second kappa shape index (κ2) is 4.13. The van der Waals surface area contributed by atoms with Crippen molar-refractivity contribution < 1.29 is 14.3 Å². The predicted octanol–water partition coefficient (Wildman–Crippen LogP) is 0.991. The molecular weight excluding hydrogens is 182 g/mol. The van der Waals surface area contributed by atoms with E-state index >= 15 is 0 Å². The molecular formula is C10H15NO3. The van der Waals surface area contributed by atoms with Gasteiger partial charge in [-0.25, -0.2) is 0 Å². The number of aliphatic hydroxyl groups is 1. The molecule has 0 spiro atoms. The SMILES string of the molecule is CCN1CC(CO)OC1c1ccco1. The van der Waals surface area contributed by atoms with Crippen LogP contribution in [0.1, 0.15) is 18.9 Å². The van der Waals surface area contributed by atoms with Crippen molar-refractivity contribution in [1.29, 1.82) is 0 Å². The summed E-state index contributed by atoms with van der Waals surface area (Å²) < 4.78 is 10.9. The lowest BCUT2D eigenvalue weighted by molar-refractivity contribution is -0.0301. The lowest BCUT2D eigenvalue weighted by atomic mass is 10.3. The van der Waals surface area contributed by atoms with Gasteiger partial charge in [0.1, 0.15) is 5.76 Å². The number of furan rings is 1. The van der Waals surface area contributed by atoms with Gasteiger partial charge in [0.2, 0.25) is 0 Å². The Morgan fingerprint density at radius 3 is 3.07 bits per heavy atom. The van der Waals surface area contributed by atoms with Crippen LogP contribution in [0, 0.1) is 0 Å². The Morgan fingerprint density at radius 1 is 1.64 bits per heavy atom. The summed E-state index contributed by atoms with van der Waals surface area (Å²) in [5.41, 5.74) is 0. The van der Waals surface area contributed by atoms with Crippen LogP contribution in [0.5, 0.6) is 0 Å². The zero-order valence-electron chi connectivity index (χ0n) is 8.22. The fourth-order valence-electron chi connectivity index (χ4n) is 1.74. The molecule has 2 rings (SSSR count). The van der Waals surface area contributed by atoms with Crippen molar-refractivity contribution in [2.24, 2.45) is 0 Å². The highest BCUT2D eigenvalue weighted by molar-refractivity contribution is 5.03. The first-order valence-electron chi connectivity index (χ1n) is 4.89. The van der Waals surface area contributed by atoms with Crippen LogP contribution in [-0.2, 0) is 4.74 Å². The van der Waals surface area contributed by atoms with Crippen LogP contribution in [0.3, 0.4) is 0 Å². The summed E-state index contributed by atoms with van der Waals surface area (Å²) in [6.07, 6.45) is 1.41.